The van der Waals surface area contributed by atoms with E-state index in [0.29, 0.717) is 6.61 Å². The molecule has 1 aromatic carbocycles. The number of carbonyl (C=O) groups is 2. The Hall–Kier alpha value is -2.38. The van der Waals surface area contributed by atoms with E-state index < -0.39 is 11.9 Å². The van der Waals surface area contributed by atoms with Gasteiger partial charge in [-0.15, -0.1) is 6.58 Å². The number of ether oxygens (including phenoxy) is 2. The van der Waals surface area contributed by atoms with Crippen molar-refractivity contribution in [2.75, 3.05) is 33.4 Å². The van der Waals surface area contributed by atoms with E-state index in [9.17, 15) is 0 Å². The van der Waals surface area contributed by atoms with Gasteiger partial charge in [-0.2, -0.15) is 0 Å². The highest BCUT2D eigenvalue weighted by atomic mass is 16.5. The molecule has 0 radical (unpaired) electrons. The minimum atomic E-state index is -1.82. The molecule has 7 heteroatoms. The summed E-state index contributed by atoms with van der Waals surface area (Å²) >= 11 is 0. The van der Waals surface area contributed by atoms with Crippen molar-refractivity contribution in [3.63, 3.8) is 0 Å². The van der Waals surface area contributed by atoms with E-state index in [1.807, 2.05) is 24.3 Å². The second-order valence-corrected chi connectivity index (χ2v) is 4.66. The van der Waals surface area contributed by atoms with Gasteiger partial charge in [0.15, 0.2) is 0 Å². The van der Waals surface area contributed by atoms with Crippen LogP contribution in [0.15, 0.2) is 36.9 Å². The lowest BCUT2D eigenvalue weighted by Crippen LogP contribution is -2.23. The lowest BCUT2D eigenvalue weighted by molar-refractivity contribution is -0.159. The van der Waals surface area contributed by atoms with Crippen molar-refractivity contribution in [3.05, 3.63) is 42.5 Å². The van der Waals surface area contributed by atoms with Gasteiger partial charge >= 0.3 is 11.9 Å². The first-order valence-electron chi connectivity index (χ1n) is 7.50. The Kier molecular flexibility index (Phi) is 12.8. The largest absolute Gasteiger partial charge is 0.492 e. The van der Waals surface area contributed by atoms with E-state index in [2.05, 4.69) is 18.0 Å². The number of methoxy groups -OCH3 is 1. The third kappa shape index (κ3) is 11.2. The van der Waals surface area contributed by atoms with Gasteiger partial charge in [0.25, 0.3) is 0 Å². The predicted octanol–water partition coefficient (Wildman–Crippen LogP) is 1.58. The zero-order chi connectivity index (χ0) is 18.2. The number of hydrogen-bond donors (Lipinski definition) is 3. The maximum Gasteiger partial charge on any atom is 0.414 e. The van der Waals surface area contributed by atoms with E-state index in [0.717, 1.165) is 38.3 Å². The minimum absolute atomic E-state index is 0.682. The molecule has 1 rings (SSSR count). The van der Waals surface area contributed by atoms with E-state index >= 15 is 0 Å². The zero-order valence-electron chi connectivity index (χ0n) is 13.9. The average molecular weight is 339 g/mol. The number of allylic oxidation sites excluding steroid dienone is 1. The van der Waals surface area contributed by atoms with Crippen LogP contribution in [0.25, 0.3) is 0 Å². The number of rotatable bonds is 10. The molecular weight excluding hydrogens is 314 g/mol. The van der Waals surface area contributed by atoms with Gasteiger partial charge in [0, 0.05) is 20.3 Å². The van der Waals surface area contributed by atoms with E-state index in [1.165, 1.54) is 5.56 Å². The van der Waals surface area contributed by atoms with Crippen LogP contribution >= 0.6 is 0 Å². The standard InChI is InChI=1S/C15H23NO2.C2H2O4/c1-3-7-14-8-4-5-9-15(14)18-13-11-16-10-6-12-17-2;3-1(4)2(5)6/h3-5,8-9,16H,1,6-7,10-13H2,2H3;(H,3,4)(H,5,6). The van der Waals surface area contributed by atoms with Crippen LogP contribution in [-0.2, 0) is 20.7 Å². The second kappa shape index (κ2) is 14.2. The molecule has 7 nitrogen and oxygen atoms in total. The molecule has 0 saturated carbocycles. The van der Waals surface area contributed by atoms with Gasteiger partial charge < -0.3 is 25.0 Å². The molecule has 0 spiro atoms. The molecule has 3 N–H and O–H groups in total. The smallest absolute Gasteiger partial charge is 0.414 e. The number of carboxylic acid groups (broad SMARTS) is 2. The number of aliphatic carboxylic acids is 2. The van der Waals surface area contributed by atoms with Crippen LogP contribution in [0.2, 0.25) is 0 Å². The molecule has 0 atom stereocenters. The van der Waals surface area contributed by atoms with Gasteiger partial charge in [0.05, 0.1) is 0 Å². The maximum absolute atomic E-state index is 9.10. The van der Waals surface area contributed by atoms with Gasteiger partial charge in [-0.25, -0.2) is 9.59 Å². The molecule has 0 aliphatic rings. The Labute approximate surface area is 141 Å². The molecule has 134 valence electrons. The van der Waals surface area contributed by atoms with Crippen LogP contribution in [0.1, 0.15) is 12.0 Å². The van der Waals surface area contributed by atoms with Crippen LogP contribution < -0.4 is 10.1 Å². The van der Waals surface area contributed by atoms with Crippen molar-refractivity contribution in [3.8, 4) is 5.75 Å². The summed E-state index contributed by atoms with van der Waals surface area (Å²) in [4.78, 5) is 18.2. The van der Waals surface area contributed by atoms with Crippen LogP contribution in [0.4, 0.5) is 0 Å². The lowest BCUT2D eigenvalue weighted by Gasteiger charge is -2.10. The van der Waals surface area contributed by atoms with Crippen LogP contribution in [0.5, 0.6) is 5.75 Å². The van der Waals surface area contributed by atoms with Crippen molar-refractivity contribution in [1.82, 2.24) is 5.32 Å². The molecule has 0 bridgehead atoms. The lowest BCUT2D eigenvalue weighted by atomic mass is 10.1. The number of benzene rings is 1. The van der Waals surface area contributed by atoms with Crippen molar-refractivity contribution in [2.45, 2.75) is 12.8 Å². The predicted molar refractivity (Wildman–Crippen MR) is 90.5 cm³/mol. The summed E-state index contributed by atoms with van der Waals surface area (Å²) in [5.74, 6) is -2.69. The summed E-state index contributed by atoms with van der Waals surface area (Å²) in [5, 5.41) is 18.1. The Morgan fingerprint density at radius 2 is 1.83 bits per heavy atom. The quantitative estimate of drug-likeness (QED) is 0.338. The summed E-state index contributed by atoms with van der Waals surface area (Å²) in [6, 6.07) is 8.09. The molecule has 0 unspecified atom stereocenters. The first kappa shape index (κ1) is 21.6. The van der Waals surface area contributed by atoms with Crippen LogP contribution in [0.3, 0.4) is 0 Å². The van der Waals surface area contributed by atoms with Crippen molar-refractivity contribution >= 4 is 11.9 Å². The molecule has 1 aromatic rings. The molecule has 0 saturated heterocycles. The highest BCUT2D eigenvalue weighted by Gasteiger charge is 2.04. The summed E-state index contributed by atoms with van der Waals surface area (Å²) in [5.41, 5.74) is 1.19. The molecule has 24 heavy (non-hydrogen) atoms. The van der Waals surface area contributed by atoms with Gasteiger partial charge in [0.2, 0.25) is 0 Å². The third-order valence-corrected chi connectivity index (χ3v) is 2.76. The highest BCUT2D eigenvalue weighted by molar-refractivity contribution is 6.27. The first-order valence-corrected chi connectivity index (χ1v) is 7.50. The Morgan fingerprint density at radius 1 is 1.17 bits per heavy atom. The van der Waals surface area contributed by atoms with Gasteiger partial charge in [-0.05, 0) is 31.0 Å². The summed E-state index contributed by atoms with van der Waals surface area (Å²) in [6.45, 7) is 7.06. The molecule has 0 aromatic heterocycles. The zero-order valence-corrected chi connectivity index (χ0v) is 13.9. The van der Waals surface area contributed by atoms with E-state index in [-0.39, 0.29) is 0 Å². The molecule has 0 amide bonds. The summed E-state index contributed by atoms with van der Waals surface area (Å²) in [7, 11) is 1.72. The topological polar surface area (TPSA) is 105 Å². The number of carboxylic acids is 2. The average Bonchev–Trinajstić information content (AvgIpc) is 2.56. The fourth-order valence-corrected chi connectivity index (χ4v) is 1.67. The monoisotopic (exact) mass is 339 g/mol. The summed E-state index contributed by atoms with van der Waals surface area (Å²) < 4.78 is 10.7. The first-order chi connectivity index (χ1) is 11.5. The van der Waals surface area contributed by atoms with Gasteiger partial charge in [-0.3, -0.25) is 0 Å². The van der Waals surface area contributed by atoms with E-state index in [4.69, 9.17) is 29.3 Å². The van der Waals surface area contributed by atoms with E-state index in [1.54, 1.807) is 7.11 Å². The third-order valence-electron chi connectivity index (χ3n) is 2.76. The number of para-hydroxylation sites is 1. The van der Waals surface area contributed by atoms with Gasteiger partial charge in [-0.1, -0.05) is 24.3 Å². The maximum atomic E-state index is 9.10. The number of nitrogens with one attached hydrogen (secondary N) is 1. The fraction of sp³-hybridized carbons (Fsp3) is 0.412. The van der Waals surface area contributed by atoms with Crippen molar-refractivity contribution < 1.29 is 29.3 Å². The Morgan fingerprint density at radius 3 is 2.42 bits per heavy atom. The fourth-order valence-electron chi connectivity index (χ4n) is 1.67. The van der Waals surface area contributed by atoms with Crippen LogP contribution in [0, 0.1) is 0 Å². The normalized spacial score (nSPS) is 9.54. The minimum Gasteiger partial charge on any atom is -0.492 e. The molecule has 0 fully saturated rings. The van der Waals surface area contributed by atoms with Crippen LogP contribution in [-0.4, -0.2) is 55.6 Å². The molecule has 0 aliphatic heterocycles. The SMILES string of the molecule is C=CCc1ccccc1OCCNCCCOC.O=C(O)C(=O)O. The second-order valence-electron chi connectivity index (χ2n) is 4.66. The molecule has 0 heterocycles. The van der Waals surface area contributed by atoms with Gasteiger partial charge in [0.1, 0.15) is 12.4 Å². The van der Waals surface area contributed by atoms with Crippen molar-refractivity contribution in [1.29, 1.82) is 0 Å². The Bertz CT molecular complexity index is 492. The molecular formula is C17H25NO6. The Balaban J connectivity index is 0.000000754. The summed E-state index contributed by atoms with van der Waals surface area (Å²) in [6.07, 6.45) is 3.77. The number of hydrogen-bond acceptors (Lipinski definition) is 5. The van der Waals surface area contributed by atoms with Crippen molar-refractivity contribution in [2.24, 2.45) is 0 Å². The molecule has 0 aliphatic carbocycles. The highest BCUT2D eigenvalue weighted by Crippen LogP contribution is 2.18.